The van der Waals surface area contributed by atoms with Crippen molar-refractivity contribution in [1.82, 2.24) is 10.2 Å². The van der Waals surface area contributed by atoms with Gasteiger partial charge in [0.2, 0.25) is 0 Å². The molecule has 1 aliphatic heterocycles. The molecule has 0 saturated carbocycles. The molecule has 3 atom stereocenters. The summed E-state index contributed by atoms with van der Waals surface area (Å²) in [5.41, 5.74) is 0. The summed E-state index contributed by atoms with van der Waals surface area (Å²) in [5, 5.41) is 4.60. The molecule has 0 aromatic carbocycles. The van der Waals surface area contributed by atoms with Gasteiger partial charge in [-0.05, 0) is 26.4 Å². The molecule has 0 bridgehead atoms. The molecule has 1 rings (SSSR count). The lowest BCUT2D eigenvalue weighted by molar-refractivity contribution is 0.263. The Kier molecular flexibility index (Phi) is 6.02. The van der Waals surface area contributed by atoms with Gasteiger partial charge in [0.15, 0.2) is 0 Å². The number of hydrogen-bond acceptors (Lipinski definition) is 3. The first kappa shape index (κ1) is 13.3. The summed E-state index contributed by atoms with van der Waals surface area (Å²) in [4.78, 5) is 2.49. The lowest BCUT2D eigenvalue weighted by atomic mass is 10.1. The van der Waals surface area contributed by atoms with Gasteiger partial charge in [0.05, 0.1) is 0 Å². The smallest absolute Gasteiger partial charge is 0.0171 e. The van der Waals surface area contributed by atoms with Crippen molar-refractivity contribution in [3.63, 3.8) is 0 Å². The molecule has 1 saturated heterocycles. The Balaban J connectivity index is 2.20. The van der Waals surface area contributed by atoms with Gasteiger partial charge in [0.25, 0.3) is 0 Å². The minimum Gasteiger partial charge on any atom is -0.309 e. The maximum Gasteiger partial charge on any atom is 0.0171 e. The van der Waals surface area contributed by atoms with E-state index in [1.165, 1.54) is 31.8 Å². The fraction of sp³-hybridized carbons (Fsp3) is 1.00. The zero-order valence-electron chi connectivity index (χ0n) is 10.6. The van der Waals surface area contributed by atoms with Crippen molar-refractivity contribution in [3.05, 3.63) is 0 Å². The van der Waals surface area contributed by atoms with E-state index in [2.05, 4.69) is 49.7 Å². The van der Waals surface area contributed by atoms with Crippen LogP contribution in [0.25, 0.3) is 0 Å². The van der Waals surface area contributed by atoms with Gasteiger partial charge < -0.3 is 10.2 Å². The number of hydrogen-bond donors (Lipinski definition) is 1. The number of rotatable bonds is 6. The van der Waals surface area contributed by atoms with E-state index in [9.17, 15) is 0 Å². The Labute approximate surface area is 99.2 Å². The van der Waals surface area contributed by atoms with Crippen molar-refractivity contribution in [2.24, 2.45) is 0 Å². The van der Waals surface area contributed by atoms with Crippen LogP contribution in [-0.4, -0.2) is 47.6 Å². The van der Waals surface area contributed by atoms with Crippen LogP contribution in [-0.2, 0) is 0 Å². The Morgan fingerprint density at radius 3 is 2.53 bits per heavy atom. The Morgan fingerprint density at radius 1 is 1.40 bits per heavy atom. The van der Waals surface area contributed by atoms with Gasteiger partial charge >= 0.3 is 0 Å². The number of thioether (sulfide) groups is 1. The van der Waals surface area contributed by atoms with Crippen LogP contribution in [0.3, 0.4) is 0 Å². The largest absolute Gasteiger partial charge is 0.309 e. The van der Waals surface area contributed by atoms with E-state index in [-0.39, 0.29) is 0 Å². The van der Waals surface area contributed by atoms with Gasteiger partial charge in [0, 0.05) is 29.6 Å². The molecule has 90 valence electrons. The van der Waals surface area contributed by atoms with Gasteiger partial charge in [-0.15, -0.1) is 0 Å². The van der Waals surface area contributed by atoms with Gasteiger partial charge in [0.1, 0.15) is 0 Å². The van der Waals surface area contributed by atoms with E-state index in [1.807, 2.05) is 0 Å². The molecule has 1 aliphatic rings. The van der Waals surface area contributed by atoms with Crippen LogP contribution in [0.4, 0.5) is 0 Å². The van der Waals surface area contributed by atoms with Crippen molar-refractivity contribution >= 4 is 11.8 Å². The van der Waals surface area contributed by atoms with Crippen molar-refractivity contribution in [1.29, 1.82) is 0 Å². The molecule has 0 aromatic rings. The summed E-state index contributed by atoms with van der Waals surface area (Å²) in [6.07, 6.45) is 1.34. The highest BCUT2D eigenvalue weighted by Crippen LogP contribution is 2.26. The molecule has 2 nitrogen and oxygen atoms in total. The van der Waals surface area contributed by atoms with Gasteiger partial charge in [-0.3, -0.25) is 0 Å². The fourth-order valence-electron chi connectivity index (χ4n) is 2.26. The first-order chi connectivity index (χ1) is 7.15. The topological polar surface area (TPSA) is 15.3 Å². The van der Waals surface area contributed by atoms with Crippen LogP contribution in [0.2, 0.25) is 0 Å². The minimum absolute atomic E-state index is 0.626. The first-order valence-electron chi connectivity index (χ1n) is 6.25. The Bertz CT molecular complexity index is 171. The lowest BCUT2D eigenvalue weighted by Gasteiger charge is -2.25. The molecule has 1 N–H and O–H groups in total. The quantitative estimate of drug-likeness (QED) is 0.753. The van der Waals surface area contributed by atoms with Crippen LogP contribution in [0.1, 0.15) is 34.1 Å². The summed E-state index contributed by atoms with van der Waals surface area (Å²) >= 11 is 2.10. The Hall–Kier alpha value is 0.270. The molecule has 0 amide bonds. The highest BCUT2D eigenvalue weighted by Gasteiger charge is 2.23. The van der Waals surface area contributed by atoms with Crippen molar-refractivity contribution < 1.29 is 0 Å². The maximum absolute atomic E-state index is 3.75. The second kappa shape index (κ2) is 6.77. The predicted molar refractivity (Wildman–Crippen MR) is 70.7 cm³/mol. The number of likely N-dealkylation sites (N-methyl/N-ethyl adjacent to an activating group) is 1. The third-order valence-electron chi connectivity index (χ3n) is 3.15. The van der Waals surface area contributed by atoms with Crippen LogP contribution >= 0.6 is 11.8 Å². The molecule has 1 fully saturated rings. The normalized spacial score (nSPS) is 28.6. The van der Waals surface area contributed by atoms with Gasteiger partial charge in [-0.1, -0.05) is 20.8 Å². The molecule has 3 heteroatoms. The maximum atomic E-state index is 3.75. The number of nitrogens with zero attached hydrogens (tertiary/aromatic N) is 1. The van der Waals surface area contributed by atoms with E-state index >= 15 is 0 Å². The molecule has 3 unspecified atom stereocenters. The molecular formula is C12H26N2S. The fourth-order valence-corrected chi connectivity index (χ4v) is 3.42. The molecule has 15 heavy (non-hydrogen) atoms. The second-order valence-corrected chi connectivity index (χ2v) is 6.10. The van der Waals surface area contributed by atoms with Crippen LogP contribution in [0.5, 0.6) is 0 Å². The molecular weight excluding hydrogens is 204 g/mol. The summed E-state index contributed by atoms with van der Waals surface area (Å²) < 4.78 is 0. The number of nitrogens with one attached hydrogen (secondary N) is 1. The van der Waals surface area contributed by atoms with E-state index in [0.29, 0.717) is 6.04 Å². The van der Waals surface area contributed by atoms with Crippen LogP contribution in [0.15, 0.2) is 0 Å². The second-order valence-electron chi connectivity index (χ2n) is 4.63. The van der Waals surface area contributed by atoms with Crippen LogP contribution < -0.4 is 5.32 Å². The summed E-state index contributed by atoms with van der Waals surface area (Å²) in [5.74, 6) is 1.30. The monoisotopic (exact) mass is 230 g/mol. The van der Waals surface area contributed by atoms with Crippen molar-refractivity contribution in [3.8, 4) is 0 Å². The van der Waals surface area contributed by atoms with E-state index in [1.54, 1.807) is 0 Å². The zero-order chi connectivity index (χ0) is 11.3. The average Bonchev–Trinajstić information content (AvgIpc) is 2.60. The third kappa shape index (κ3) is 4.75. The lowest BCUT2D eigenvalue weighted by Crippen LogP contribution is -2.44. The minimum atomic E-state index is 0.626. The molecule has 0 aliphatic carbocycles. The van der Waals surface area contributed by atoms with Crippen LogP contribution in [0, 0.1) is 0 Å². The van der Waals surface area contributed by atoms with Gasteiger partial charge in [-0.25, -0.2) is 0 Å². The molecule has 0 aromatic heterocycles. The zero-order valence-corrected chi connectivity index (χ0v) is 11.4. The molecule has 1 heterocycles. The van der Waals surface area contributed by atoms with E-state index < -0.39 is 0 Å². The van der Waals surface area contributed by atoms with Gasteiger partial charge in [-0.2, -0.15) is 11.8 Å². The average molecular weight is 230 g/mol. The molecule has 0 spiro atoms. The molecule has 0 radical (unpaired) electrons. The summed E-state index contributed by atoms with van der Waals surface area (Å²) in [6, 6.07) is 1.37. The SMILES string of the molecule is CCN(CC)CC(C)NC1CSC(C)C1. The highest BCUT2D eigenvalue weighted by atomic mass is 32.2. The highest BCUT2D eigenvalue weighted by molar-refractivity contribution is 8.00. The third-order valence-corrected chi connectivity index (χ3v) is 4.50. The van der Waals surface area contributed by atoms with E-state index in [0.717, 1.165) is 11.3 Å². The first-order valence-corrected chi connectivity index (χ1v) is 7.30. The summed E-state index contributed by atoms with van der Waals surface area (Å²) in [6.45, 7) is 12.6. The van der Waals surface area contributed by atoms with Crippen molar-refractivity contribution in [2.45, 2.75) is 51.4 Å². The van der Waals surface area contributed by atoms with E-state index in [4.69, 9.17) is 0 Å². The predicted octanol–water partition coefficient (Wildman–Crippen LogP) is 2.20. The van der Waals surface area contributed by atoms with Crippen molar-refractivity contribution in [2.75, 3.05) is 25.4 Å². The standard InChI is InChI=1S/C12H26N2S/c1-5-14(6-2)8-10(3)13-12-7-11(4)15-9-12/h10-13H,5-9H2,1-4H3. The summed E-state index contributed by atoms with van der Waals surface area (Å²) in [7, 11) is 0. The Morgan fingerprint density at radius 2 is 2.07 bits per heavy atom.